The lowest BCUT2D eigenvalue weighted by Crippen LogP contribution is -2.47. The molecule has 0 radical (unpaired) electrons. The van der Waals surface area contributed by atoms with Crippen molar-refractivity contribution in [3.63, 3.8) is 0 Å². The van der Waals surface area contributed by atoms with Crippen LogP contribution in [0, 0.1) is 15.9 Å². The zero-order valence-electron chi connectivity index (χ0n) is 13.8. The van der Waals surface area contributed by atoms with Crippen molar-refractivity contribution in [2.45, 2.75) is 19.4 Å². The number of amides is 2. The zero-order valence-corrected chi connectivity index (χ0v) is 13.8. The summed E-state index contributed by atoms with van der Waals surface area (Å²) in [6.45, 7) is 1.41. The van der Waals surface area contributed by atoms with E-state index in [0.717, 1.165) is 0 Å². The van der Waals surface area contributed by atoms with E-state index >= 15 is 0 Å². The molecule has 0 aliphatic heterocycles. The second kappa shape index (κ2) is 8.56. The molecule has 1 atom stereocenters. The largest absolute Gasteiger partial charge is 0.478 e. The fourth-order valence-corrected chi connectivity index (χ4v) is 1.98. The summed E-state index contributed by atoms with van der Waals surface area (Å²) in [5, 5.41) is 10.6. The van der Waals surface area contributed by atoms with Crippen molar-refractivity contribution in [2.75, 3.05) is 0 Å². The number of rotatable bonds is 6. The Kier molecular flexibility index (Phi) is 6.20. The zero-order chi connectivity index (χ0) is 19.1. The van der Waals surface area contributed by atoms with Crippen LogP contribution in [0.5, 0.6) is 5.75 Å². The number of para-hydroxylation sites is 1. The first-order valence-electron chi connectivity index (χ1n) is 7.60. The van der Waals surface area contributed by atoms with Gasteiger partial charge in [-0.3, -0.25) is 30.6 Å². The highest BCUT2D eigenvalue weighted by atomic mass is 19.1. The van der Waals surface area contributed by atoms with E-state index in [1.54, 1.807) is 6.07 Å². The number of hydrazine groups is 1. The Hall–Kier alpha value is -3.49. The molecule has 136 valence electrons. The lowest BCUT2D eigenvalue weighted by Gasteiger charge is -2.15. The summed E-state index contributed by atoms with van der Waals surface area (Å²) < 4.78 is 18.7. The summed E-state index contributed by atoms with van der Waals surface area (Å²) in [5.41, 5.74) is 4.84. The third-order valence-electron chi connectivity index (χ3n) is 3.35. The number of hydrogen-bond acceptors (Lipinski definition) is 5. The Morgan fingerprint density at radius 2 is 1.81 bits per heavy atom. The minimum absolute atomic E-state index is 0.0765. The first kappa shape index (κ1) is 18.8. The first-order chi connectivity index (χ1) is 12.4. The van der Waals surface area contributed by atoms with Crippen molar-refractivity contribution in [2.24, 2.45) is 0 Å². The number of halogens is 1. The van der Waals surface area contributed by atoms with Crippen LogP contribution in [0.1, 0.15) is 12.5 Å². The molecule has 0 bridgehead atoms. The van der Waals surface area contributed by atoms with Gasteiger partial charge in [0.05, 0.1) is 11.3 Å². The van der Waals surface area contributed by atoms with Crippen LogP contribution in [0.4, 0.5) is 10.1 Å². The molecule has 26 heavy (non-hydrogen) atoms. The number of nitro benzene ring substituents is 1. The molecular weight excluding hydrogens is 345 g/mol. The molecule has 0 aliphatic carbocycles. The molecule has 2 rings (SSSR count). The third kappa shape index (κ3) is 5.26. The number of carbonyl (C=O) groups is 2. The van der Waals surface area contributed by atoms with Crippen LogP contribution in [0.25, 0.3) is 0 Å². The second-order valence-electron chi connectivity index (χ2n) is 5.33. The molecule has 0 spiro atoms. The van der Waals surface area contributed by atoms with Crippen LogP contribution in [0.2, 0.25) is 0 Å². The number of hydrogen-bond donors (Lipinski definition) is 2. The van der Waals surface area contributed by atoms with Crippen molar-refractivity contribution < 1.29 is 23.6 Å². The second-order valence-corrected chi connectivity index (χ2v) is 5.33. The molecule has 2 aromatic rings. The Bertz CT molecular complexity index is 810. The van der Waals surface area contributed by atoms with Gasteiger partial charge in [-0.15, -0.1) is 0 Å². The van der Waals surface area contributed by atoms with E-state index in [9.17, 15) is 24.1 Å². The number of nitrogens with zero attached hydrogens (tertiary/aromatic N) is 1. The molecule has 2 aromatic carbocycles. The summed E-state index contributed by atoms with van der Waals surface area (Å²) in [7, 11) is 0. The van der Waals surface area contributed by atoms with Crippen molar-refractivity contribution >= 4 is 17.5 Å². The molecule has 2 N–H and O–H groups in total. The van der Waals surface area contributed by atoms with E-state index in [0.29, 0.717) is 5.56 Å². The maximum absolute atomic E-state index is 13.5. The Labute approximate surface area is 148 Å². The van der Waals surface area contributed by atoms with E-state index in [1.807, 2.05) is 0 Å². The van der Waals surface area contributed by atoms with Crippen molar-refractivity contribution in [1.29, 1.82) is 0 Å². The van der Waals surface area contributed by atoms with Crippen molar-refractivity contribution in [1.82, 2.24) is 10.9 Å². The average Bonchev–Trinajstić information content (AvgIpc) is 2.62. The first-order valence-corrected chi connectivity index (χ1v) is 7.60. The van der Waals surface area contributed by atoms with Crippen LogP contribution in [0.15, 0.2) is 48.5 Å². The summed E-state index contributed by atoms with van der Waals surface area (Å²) in [4.78, 5) is 33.7. The van der Waals surface area contributed by atoms with E-state index in [1.165, 1.54) is 49.4 Å². The van der Waals surface area contributed by atoms with E-state index in [4.69, 9.17) is 4.74 Å². The number of benzene rings is 2. The van der Waals surface area contributed by atoms with Crippen molar-refractivity contribution in [3.05, 3.63) is 70.0 Å². The van der Waals surface area contributed by atoms with Gasteiger partial charge in [-0.05, 0) is 24.6 Å². The van der Waals surface area contributed by atoms with E-state index in [-0.39, 0.29) is 17.9 Å². The van der Waals surface area contributed by atoms with Crippen molar-refractivity contribution in [3.8, 4) is 5.75 Å². The topological polar surface area (TPSA) is 111 Å². The average molecular weight is 361 g/mol. The van der Waals surface area contributed by atoms with Gasteiger partial charge >= 0.3 is 0 Å². The number of nitro groups is 1. The maximum Gasteiger partial charge on any atom is 0.279 e. The lowest BCUT2D eigenvalue weighted by atomic mass is 10.1. The molecule has 0 aliphatic rings. The minimum Gasteiger partial charge on any atom is -0.478 e. The van der Waals surface area contributed by atoms with Gasteiger partial charge < -0.3 is 4.74 Å². The molecular formula is C17H16FN3O5. The summed E-state index contributed by atoms with van der Waals surface area (Å²) in [6.07, 6.45) is -1.12. The quantitative estimate of drug-likeness (QED) is 0.603. The van der Waals surface area contributed by atoms with E-state index in [2.05, 4.69) is 10.9 Å². The molecule has 0 saturated carbocycles. The highest BCUT2D eigenvalue weighted by Crippen LogP contribution is 2.17. The minimum atomic E-state index is -1.04. The Morgan fingerprint density at radius 1 is 1.15 bits per heavy atom. The number of nitrogens with one attached hydrogen (secondary N) is 2. The third-order valence-corrected chi connectivity index (χ3v) is 3.35. The predicted molar refractivity (Wildman–Crippen MR) is 89.6 cm³/mol. The fourth-order valence-electron chi connectivity index (χ4n) is 1.98. The molecule has 0 unspecified atom stereocenters. The summed E-state index contributed by atoms with van der Waals surface area (Å²) >= 11 is 0. The number of non-ortho nitro benzene ring substituents is 1. The Morgan fingerprint density at radius 3 is 2.42 bits per heavy atom. The summed E-state index contributed by atoms with van der Waals surface area (Å²) in [5.74, 6) is -1.86. The van der Waals surface area contributed by atoms with Gasteiger partial charge in [0.15, 0.2) is 17.7 Å². The van der Waals surface area contributed by atoms with Gasteiger partial charge in [-0.2, -0.15) is 0 Å². The normalized spacial score (nSPS) is 11.3. The summed E-state index contributed by atoms with van der Waals surface area (Å²) in [6, 6.07) is 11.1. The maximum atomic E-state index is 13.5. The lowest BCUT2D eigenvalue weighted by molar-refractivity contribution is -0.384. The number of carbonyl (C=O) groups excluding carboxylic acids is 2. The predicted octanol–water partition coefficient (Wildman–Crippen LogP) is 1.89. The van der Waals surface area contributed by atoms with Gasteiger partial charge in [-0.25, -0.2) is 4.39 Å². The van der Waals surface area contributed by atoms with Gasteiger partial charge in [0.25, 0.3) is 11.6 Å². The van der Waals surface area contributed by atoms with Gasteiger partial charge in [0.2, 0.25) is 5.91 Å². The van der Waals surface area contributed by atoms with Crippen LogP contribution in [-0.4, -0.2) is 22.8 Å². The Balaban J connectivity index is 1.81. The fraction of sp³-hybridized carbons (Fsp3) is 0.176. The molecule has 0 heterocycles. The van der Waals surface area contributed by atoms with Crippen LogP contribution in [0.3, 0.4) is 0 Å². The SMILES string of the molecule is C[C@@H](Oc1ccccc1F)C(=O)NNC(=O)Cc1ccc([N+](=O)[O-])cc1. The standard InChI is InChI=1S/C17H16FN3O5/c1-11(26-15-5-3-2-4-14(15)18)17(23)20-19-16(22)10-12-6-8-13(9-7-12)21(24)25/h2-9,11H,10H2,1H3,(H,19,22)(H,20,23)/t11-/m1/s1. The van der Waals surface area contributed by atoms with Gasteiger partial charge in [0, 0.05) is 12.1 Å². The smallest absolute Gasteiger partial charge is 0.279 e. The van der Waals surface area contributed by atoms with Gasteiger partial charge in [0.1, 0.15) is 0 Å². The van der Waals surface area contributed by atoms with Crippen LogP contribution < -0.4 is 15.6 Å². The highest BCUT2D eigenvalue weighted by Gasteiger charge is 2.17. The van der Waals surface area contributed by atoms with Gasteiger partial charge in [-0.1, -0.05) is 24.3 Å². The molecule has 0 aromatic heterocycles. The molecule has 2 amide bonds. The molecule has 0 fully saturated rings. The molecule has 8 nitrogen and oxygen atoms in total. The molecule has 0 saturated heterocycles. The van der Waals surface area contributed by atoms with Crippen LogP contribution >= 0.6 is 0 Å². The number of ether oxygens (including phenoxy) is 1. The molecule has 9 heteroatoms. The van der Waals surface area contributed by atoms with Crippen LogP contribution in [-0.2, 0) is 16.0 Å². The highest BCUT2D eigenvalue weighted by molar-refractivity contribution is 5.85. The van der Waals surface area contributed by atoms with E-state index < -0.39 is 28.7 Å². The monoisotopic (exact) mass is 361 g/mol.